The first-order valence-corrected chi connectivity index (χ1v) is 10.2. The van der Waals surface area contributed by atoms with Crippen LogP contribution in [0.25, 0.3) is 0 Å². The van der Waals surface area contributed by atoms with Crippen LogP contribution in [-0.4, -0.2) is 17.9 Å². The van der Waals surface area contributed by atoms with E-state index in [0.29, 0.717) is 5.69 Å². The van der Waals surface area contributed by atoms with Crippen molar-refractivity contribution in [2.45, 2.75) is 26.0 Å². The molecule has 0 saturated carbocycles. The van der Waals surface area contributed by atoms with Gasteiger partial charge in [-0.1, -0.05) is 42.0 Å². The summed E-state index contributed by atoms with van der Waals surface area (Å²) in [6.45, 7) is 4.01. The predicted octanol–water partition coefficient (Wildman–Crippen LogP) is 4.49. The van der Waals surface area contributed by atoms with Crippen LogP contribution in [0.3, 0.4) is 0 Å². The number of hydrogen-bond acceptors (Lipinski definition) is 4. The van der Waals surface area contributed by atoms with Crippen LogP contribution < -0.4 is 9.96 Å². The molecule has 2 aliphatic heterocycles. The first-order valence-electron chi connectivity index (χ1n) is 10.2. The third-order valence-electron chi connectivity index (χ3n) is 5.95. The number of amides is 2. The number of carbonyl (C=O) groups excluding carboxylic acids is 2. The van der Waals surface area contributed by atoms with Gasteiger partial charge in [-0.05, 0) is 61.4 Å². The number of imide groups is 1. The first-order chi connectivity index (χ1) is 15.0. The summed E-state index contributed by atoms with van der Waals surface area (Å²) in [7, 11) is 0. The zero-order valence-corrected chi connectivity index (χ0v) is 17.2. The van der Waals surface area contributed by atoms with Gasteiger partial charge in [-0.3, -0.25) is 14.4 Å². The Kier molecular flexibility index (Phi) is 4.59. The molecule has 31 heavy (non-hydrogen) atoms. The van der Waals surface area contributed by atoms with Crippen molar-refractivity contribution in [3.05, 3.63) is 95.3 Å². The van der Waals surface area contributed by atoms with E-state index in [1.54, 1.807) is 5.06 Å². The molecule has 2 fully saturated rings. The van der Waals surface area contributed by atoms with Crippen LogP contribution >= 0.6 is 0 Å². The normalized spacial score (nSPS) is 22.9. The fraction of sp³-hybridized carbons (Fsp3) is 0.200. The second kappa shape index (κ2) is 7.32. The topological polar surface area (TPSA) is 49.9 Å². The first kappa shape index (κ1) is 19.5. The van der Waals surface area contributed by atoms with Gasteiger partial charge in [0.15, 0.2) is 6.10 Å². The Morgan fingerprint density at radius 2 is 1.55 bits per heavy atom. The molecule has 6 heteroatoms. The molecule has 0 radical (unpaired) electrons. The lowest BCUT2D eigenvalue weighted by Crippen LogP contribution is -2.37. The number of benzene rings is 3. The molecule has 2 amide bonds. The van der Waals surface area contributed by atoms with Crippen molar-refractivity contribution in [1.29, 1.82) is 0 Å². The number of para-hydroxylation sites is 1. The number of fused-ring (bicyclic) bond motifs is 1. The maximum atomic E-state index is 13.5. The highest BCUT2D eigenvalue weighted by atomic mass is 19.1. The largest absolute Gasteiger partial charge is 0.273 e. The number of rotatable bonds is 3. The van der Waals surface area contributed by atoms with Crippen molar-refractivity contribution < 1.29 is 18.8 Å². The molecule has 3 aromatic carbocycles. The Hall–Kier alpha value is -3.51. The Morgan fingerprint density at radius 3 is 2.23 bits per heavy atom. The van der Waals surface area contributed by atoms with Crippen molar-refractivity contribution in [2.75, 3.05) is 9.96 Å². The lowest BCUT2D eigenvalue weighted by atomic mass is 9.87. The van der Waals surface area contributed by atoms with E-state index in [2.05, 4.69) is 6.07 Å². The van der Waals surface area contributed by atoms with Gasteiger partial charge in [0.05, 0.1) is 17.4 Å². The monoisotopic (exact) mass is 416 g/mol. The average Bonchev–Trinajstić information content (AvgIpc) is 3.26. The van der Waals surface area contributed by atoms with Crippen LogP contribution in [0.1, 0.15) is 22.7 Å². The number of aryl methyl sites for hydroxylation is 2. The third kappa shape index (κ3) is 3.11. The minimum absolute atomic E-state index is 0.343. The maximum absolute atomic E-state index is 13.5. The molecule has 2 heterocycles. The Morgan fingerprint density at radius 1 is 0.839 bits per heavy atom. The Balaban J connectivity index is 1.61. The minimum atomic E-state index is -0.941. The van der Waals surface area contributed by atoms with Crippen LogP contribution in [0.4, 0.5) is 15.8 Å². The van der Waals surface area contributed by atoms with Gasteiger partial charge in [0.1, 0.15) is 11.7 Å². The fourth-order valence-corrected chi connectivity index (χ4v) is 4.53. The molecule has 0 bridgehead atoms. The molecular weight excluding hydrogens is 395 g/mol. The molecule has 156 valence electrons. The van der Waals surface area contributed by atoms with Gasteiger partial charge in [0.2, 0.25) is 5.91 Å². The van der Waals surface area contributed by atoms with Crippen LogP contribution in [0.2, 0.25) is 0 Å². The quantitative estimate of drug-likeness (QED) is 0.590. The molecule has 3 aromatic rings. The zero-order chi connectivity index (χ0) is 21.7. The van der Waals surface area contributed by atoms with E-state index in [1.165, 1.54) is 24.3 Å². The van der Waals surface area contributed by atoms with Gasteiger partial charge in [-0.15, -0.1) is 0 Å². The summed E-state index contributed by atoms with van der Waals surface area (Å²) >= 11 is 0. The highest BCUT2D eigenvalue weighted by molar-refractivity contribution is 6.23. The van der Waals surface area contributed by atoms with Gasteiger partial charge >= 0.3 is 0 Å². The summed E-state index contributed by atoms with van der Waals surface area (Å²) in [6, 6.07) is 20.4. The van der Waals surface area contributed by atoms with E-state index in [1.807, 2.05) is 56.3 Å². The summed E-state index contributed by atoms with van der Waals surface area (Å²) in [6.07, 6.45) is -0.941. The standard InChI is InChI=1S/C25H21FN2O3/c1-15-8-13-20(16(2)14-15)22-21-23(31-28(22)19-6-4-3-5-7-19)25(30)27(24(21)29)18-11-9-17(26)10-12-18/h3-14,21-23H,1-2H3/t21-,22-,23-/m1/s1. The molecule has 5 nitrogen and oxygen atoms in total. The van der Waals surface area contributed by atoms with Crippen molar-refractivity contribution >= 4 is 23.2 Å². The van der Waals surface area contributed by atoms with E-state index < -0.39 is 29.8 Å². The molecule has 0 aliphatic carbocycles. The van der Waals surface area contributed by atoms with E-state index in [9.17, 15) is 14.0 Å². The van der Waals surface area contributed by atoms with E-state index >= 15 is 0 Å². The van der Waals surface area contributed by atoms with Crippen molar-refractivity contribution in [3.63, 3.8) is 0 Å². The smallest absolute Gasteiger partial charge is 0.266 e. The molecule has 0 spiro atoms. The number of nitrogens with zero attached hydrogens (tertiary/aromatic N) is 2. The zero-order valence-electron chi connectivity index (χ0n) is 17.2. The number of hydroxylamine groups is 1. The average molecular weight is 416 g/mol. The molecule has 3 atom stereocenters. The van der Waals surface area contributed by atoms with Gasteiger partial charge in [0.25, 0.3) is 5.91 Å². The molecule has 0 aromatic heterocycles. The van der Waals surface area contributed by atoms with Gasteiger partial charge in [-0.25, -0.2) is 14.4 Å². The Labute approximate surface area is 179 Å². The molecule has 2 saturated heterocycles. The number of carbonyl (C=O) groups is 2. The summed E-state index contributed by atoms with van der Waals surface area (Å²) < 4.78 is 13.4. The fourth-order valence-electron chi connectivity index (χ4n) is 4.53. The Bertz CT molecular complexity index is 1160. The van der Waals surface area contributed by atoms with Crippen molar-refractivity contribution in [2.24, 2.45) is 5.92 Å². The maximum Gasteiger partial charge on any atom is 0.266 e. The van der Waals surface area contributed by atoms with Gasteiger partial charge in [-0.2, -0.15) is 0 Å². The second-order valence-electron chi connectivity index (χ2n) is 8.01. The lowest BCUT2D eigenvalue weighted by Gasteiger charge is -2.29. The van der Waals surface area contributed by atoms with Gasteiger partial charge in [0, 0.05) is 0 Å². The highest BCUT2D eigenvalue weighted by Crippen LogP contribution is 2.48. The minimum Gasteiger partial charge on any atom is -0.273 e. The van der Waals surface area contributed by atoms with Crippen LogP contribution in [-0.2, 0) is 14.4 Å². The third-order valence-corrected chi connectivity index (χ3v) is 5.95. The summed E-state index contributed by atoms with van der Waals surface area (Å²) in [5, 5.41) is 1.69. The molecule has 0 N–H and O–H groups in total. The lowest BCUT2D eigenvalue weighted by molar-refractivity contribution is -0.126. The SMILES string of the molecule is Cc1ccc([C@@H]2[C@H]3C(=O)N(c4ccc(F)cc4)C(=O)[C@@H]3ON2c2ccccc2)c(C)c1. The van der Waals surface area contributed by atoms with Crippen molar-refractivity contribution in [1.82, 2.24) is 0 Å². The number of anilines is 2. The summed E-state index contributed by atoms with van der Waals surface area (Å²) in [5.74, 6) is -1.92. The summed E-state index contributed by atoms with van der Waals surface area (Å²) in [5.41, 5.74) is 4.19. The van der Waals surface area contributed by atoms with Crippen LogP contribution in [0.15, 0.2) is 72.8 Å². The van der Waals surface area contributed by atoms with E-state index in [-0.39, 0.29) is 5.91 Å². The highest BCUT2D eigenvalue weighted by Gasteiger charge is 2.60. The number of halogens is 1. The van der Waals surface area contributed by atoms with Crippen LogP contribution in [0.5, 0.6) is 0 Å². The molecular formula is C25H21FN2O3. The number of hydrogen-bond donors (Lipinski definition) is 0. The molecule has 5 rings (SSSR count). The molecule has 2 aliphatic rings. The van der Waals surface area contributed by atoms with Gasteiger partial charge < -0.3 is 0 Å². The van der Waals surface area contributed by atoms with Crippen molar-refractivity contribution in [3.8, 4) is 0 Å². The van der Waals surface area contributed by atoms with Crippen LogP contribution in [0, 0.1) is 25.6 Å². The van der Waals surface area contributed by atoms with E-state index in [4.69, 9.17) is 4.84 Å². The van der Waals surface area contributed by atoms with E-state index in [0.717, 1.165) is 27.3 Å². The summed E-state index contributed by atoms with van der Waals surface area (Å²) in [4.78, 5) is 34.0. The second-order valence-corrected chi connectivity index (χ2v) is 8.01. The predicted molar refractivity (Wildman–Crippen MR) is 115 cm³/mol. The molecule has 0 unspecified atom stereocenters.